The van der Waals surface area contributed by atoms with Crippen molar-refractivity contribution >= 4 is 34.9 Å². The summed E-state index contributed by atoms with van der Waals surface area (Å²) in [6.07, 6.45) is 2.21. The van der Waals surface area contributed by atoms with E-state index in [0.29, 0.717) is 35.1 Å². The minimum absolute atomic E-state index is 0.211. The topological polar surface area (TPSA) is 88.5 Å². The third kappa shape index (κ3) is 3.62. The van der Waals surface area contributed by atoms with Gasteiger partial charge < -0.3 is 10.6 Å². The van der Waals surface area contributed by atoms with E-state index in [0.717, 1.165) is 11.3 Å². The average Bonchev–Trinajstić information content (AvgIpc) is 2.63. The number of carbonyl (C=O) groups is 1. The molecule has 136 valence electrons. The van der Waals surface area contributed by atoms with Gasteiger partial charge in [0.25, 0.3) is 5.91 Å². The van der Waals surface area contributed by atoms with Gasteiger partial charge in [-0.2, -0.15) is 0 Å². The van der Waals surface area contributed by atoms with E-state index >= 15 is 0 Å². The van der Waals surface area contributed by atoms with Crippen LogP contribution in [0.4, 0.5) is 5.82 Å². The zero-order chi connectivity index (χ0) is 18.8. The first-order valence-corrected chi connectivity index (χ1v) is 8.82. The number of hydrogen-bond donors (Lipinski definition) is 2. The standard InChI is InChI=1S/C18H19Cl2N5O/c1-11-5-7-23-16(9-11)25(22)15-6-8-24(10-14(15)21)18(26)12-3-2-4-13(19)17(12)20/h2-5,7,9H,6,8,10,21-22H2,1H3. The molecule has 0 atom stereocenters. The number of nitrogens with two attached hydrogens (primary N) is 2. The van der Waals surface area contributed by atoms with Gasteiger partial charge in [-0.3, -0.25) is 9.80 Å². The lowest BCUT2D eigenvalue weighted by molar-refractivity contribution is 0.0762. The summed E-state index contributed by atoms with van der Waals surface area (Å²) >= 11 is 12.2. The summed E-state index contributed by atoms with van der Waals surface area (Å²) in [5.41, 5.74) is 8.89. The van der Waals surface area contributed by atoms with E-state index in [1.807, 2.05) is 19.1 Å². The number of hydrazine groups is 1. The molecule has 0 radical (unpaired) electrons. The third-order valence-corrected chi connectivity index (χ3v) is 5.08. The van der Waals surface area contributed by atoms with Crippen LogP contribution in [0.2, 0.25) is 10.0 Å². The molecule has 1 aromatic carbocycles. The van der Waals surface area contributed by atoms with Gasteiger partial charge in [-0.05, 0) is 36.8 Å². The molecular formula is C18H19Cl2N5O. The Labute approximate surface area is 162 Å². The van der Waals surface area contributed by atoms with Crippen molar-refractivity contribution < 1.29 is 4.79 Å². The number of rotatable bonds is 3. The first-order chi connectivity index (χ1) is 12.4. The number of carbonyl (C=O) groups excluding carboxylic acids is 1. The van der Waals surface area contributed by atoms with Gasteiger partial charge in [0.1, 0.15) is 5.82 Å². The monoisotopic (exact) mass is 391 g/mol. The van der Waals surface area contributed by atoms with Crippen LogP contribution in [0.25, 0.3) is 0 Å². The molecule has 2 heterocycles. The summed E-state index contributed by atoms with van der Waals surface area (Å²) in [5.74, 6) is 6.60. The van der Waals surface area contributed by atoms with Gasteiger partial charge in [0.2, 0.25) is 0 Å². The van der Waals surface area contributed by atoms with Gasteiger partial charge in [0, 0.05) is 24.9 Å². The van der Waals surface area contributed by atoms with Crippen LogP contribution in [-0.4, -0.2) is 28.9 Å². The van der Waals surface area contributed by atoms with E-state index < -0.39 is 0 Å². The van der Waals surface area contributed by atoms with Crippen LogP contribution >= 0.6 is 23.2 Å². The average molecular weight is 392 g/mol. The van der Waals surface area contributed by atoms with E-state index in [9.17, 15) is 4.79 Å². The Balaban J connectivity index is 1.81. The Kier molecular flexibility index (Phi) is 5.36. The van der Waals surface area contributed by atoms with Crippen LogP contribution < -0.4 is 16.6 Å². The molecule has 6 nitrogen and oxygen atoms in total. The number of benzene rings is 1. The first-order valence-electron chi connectivity index (χ1n) is 8.06. The predicted molar refractivity (Wildman–Crippen MR) is 104 cm³/mol. The number of amides is 1. The third-order valence-electron chi connectivity index (χ3n) is 4.26. The lowest BCUT2D eigenvalue weighted by Crippen LogP contribution is -2.44. The van der Waals surface area contributed by atoms with Crippen LogP contribution in [0, 0.1) is 6.92 Å². The smallest absolute Gasteiger partial charge is 0.255 e. The Morgan fingerprint density at radius 1 is 1.31 bits per heavy atom. The molecule has 4 N–H and O–H groups in total. The SMILES string of the molecule is Cc1ccnc(N(N)C2=C(N)CN(C(=O)c3cccc(Cl)c3Cl)CC2)c1. The summed E-state index contributed by atoms with van der Waals surface area (Å²) in [4.78, 5) is 18.7. The molecule has 3 rings (SSSR count). The molecule has 1 amide bonds. The number of hydrogen-bond acceptors (Lipinski definition) is 5. The largest absolute Gasteiger partial charge is 0.399 e. The van der Waals surface area contributed by atoms with Gasteiger partial charge in [0.15, 0.2) is 0 Å². The molecule has 0 bridgehead atoms. The Morgan fingerprint density at radius 2 is 2.08 bits per heavy atom. The molecule has 1 aromatic heterocycles. The zero-order valence-corrected chi connectivity index (χ0v) is 15.8. The van der Waals surface area contributed by atoms with Crippen molar-refractivity contribution in [1.29, 1.82) is 0 Å². The Morgan fingerprint density at radius 3 is 2.77 bits per heavy atom. The number of aryl methyl sites for hydroxylation is 1. The summed E-state index contributed by atoms with van der Waals surface area (Å²) < 4.78 is 0. The van der Waals surface area contributed by atoms with Gasteiger partial charge in [-0.25, -0.2) is 10.8 Å². The highest BCUT2D eigenvalue weighted by Gasteiger charge is 2.26. The van der Waals surface area contributed by atoms with E-state index in [1.54, 1.807) is 29.3 Å². The zero-order valence-electron chi connectivity index (χ0n) is 14.2. The molecule has 0 fully saturated rings. The summed E-state index contributed by atoms with van der Waals surface area (Å²) in [5, 5.41) is 2.07. The molecule has 0 spiro atoms. The maximum absolute atomic E-state index is 12.8. The van der Waals surface area contributed by atoms with Crippen molar-refractivity contribution in [2.24, 2.45) is 11.6 Å². The molecule has 0 saturated carbocycles. The van der Waals surface area contributed by atoms with E-state index in [-0.39, 0.29) is 17.5 Å². The first kappa shape index (κ1) is 18.5. The minimum Gasteiger partial charge on any atom is -0.399 e. The normalized spacial score (nSPS) is 14.5. The number of halogens is 2. The predicted octanol–water partition coefficient (Wildman–Crippen LogP) is 3.09. The van der Waals surface area contributed by atoms with Crippen LogP contribution in [-0.2, 0) is 0 Å². The maximum atomic E-state index is 12.8. The fourth-order valence-corrected chi connectivity index (χ4v) is 3.24. The minimum atomic E-state index is -0.211. The van der Waals surface area contributed by atoms with Gasteiger partial charge in [-0.1, -0.05) is 29.3 Å². The van der Waals surface area contributed by atoms with Crippen molar-refractivity contribution in [1.82, 2.24) is 9.88 Å². The van der Waals surface area contributed by atoms with Crippen LogP contribution in [0.3, 0.4) is 0 Å². The highest BCUT2D eigenvalue weighted by atomic mass is 35.5. The van der Waals surface area contributed by atoms with E-state index in [2.05, 4.69) is 4.98 Å². The molecule has 2 aromatic rings. The summed E-state index contributed by atoms with van der Waals surface area (Å²) in [7, 11) is 0. The fourth-order valence-electron chi connectivity index (χ4n) is 2.86. The Hall–Kier alpha value is -2.28. The van der Waals surface area contributed by atoms with Gasteiger partial charge in [0.05, 0.1) is 27.9 Å². The number of anilines is 1. The fraction of sp³-hybridized carbons (Fsp3) is 0.222. The van der Waals surface area contributed by atoms with E-state index in [4.69, 9.17) is 34.8 Å². The number of pyridine rings is 1. The van der Waals surface area contributed by atoms with Gasteiger partial charge >= 0.3 is 0 Å². The summed E-state index contributed by atoms with van der Waals surface area (Å²) in [6, 6.07) is 8.76. The molecule has 26 heavy (non-hydrogen) atoms. The molecule has 1 aliphatic heterocycles. The Bertz CT molecular complexity index is 884. The molecule has 0 aliphatic carbocycles. The molecule has 8 heteroatoms. The van der Waals surface area contributed by atoms with Crippen molar-refractivity contribution in [3.8, 4) is 0 Å². The number of aromatic nitrogens is 1. The molecular weight excluding hydrogens is 373 g/mol. The lowest BCUT2D eigenvalue weighted by Gasteiger charge is -2.33. The number of nitrogens with zero attached hydrogens (tertiary/aromatic N) is 3. The van der Waals surface area contributed by atoms with Gasteiger partial charge in [-0.15, -0.1) is 0 Å². The van der Waals surface area contributed by atoms with Crippen molar-refractivity contribution in [2.75, 3.05) is 18.1 Å². The second-order valence-electron chi connectivity index (χ2n) is 6.11. The van der Waals surface area contributed by atoms with Crippen molar-refractivity contribution in [3.63, 3.8) is 0 Å². The maximum Gasteiger partial charge on any atom is 0.255 e. The van der Waals surface area contributed by atoms with Crippen LogP contribution in [0.1, 0.15) is 22.3 Å². The molecule has 0 unspecified atom stereocenters. The van der Waals surface area contributed by atoms with Crippen molar-refractivity contribution in [2.45, 2.75) is 13.3 Å². The van der Waals surface area contributed by atoms with E-state index in [1.165, 1.54) is 5.01 Å². The quantitative estimate of drug-likeness (QED) is 0.619. The second kappa shape index (κ2) is 7.53. The lowest BCUT2D eigenvalue weighted by atomic mass is 10.1. The molecule has 1 aliphatic rings. The van der Waals surface area contributed by atoms with Crippen LogP contribution in [0.5, 0.6) is 0 Å². The van der Waals surface area contributed by atoms with Crippen molar-refractivity contribution in [3.05, 3.63) is 69.1 Å². The van der Waals surface area contributed by atoms with Crippen LogP contribution in [0.15, 0.2) is 47.9 Å². The second-order valence-corrected chi connectivity index (χ2v) is 6.90. The summed E-state index contributed by atoms with van der Waals surface area (Å²) in [6.45, 7) is 2.69. The molecule has 0 saturated heterocycles. The highest BCUT2D eigenvalue weighted by molar-refractivity contribution is 6.43. The highest BCUT2D eigenvalue weighted by Crippen LogP contribution is 2.28.